The summed E-state index contributed by atoms with van der Waals surface area (Å²) in [5.74, 6) is 1.98. The van der Waals surface area contributed by atoms with Crippen molar-refractivity contribution < 1.29 is 13.9 Å². The number of methoxy groups -OCH3 is 2. The maximum Gasteiger partial charge on any atom is 0.191 e. The Morgan fingerprint density at radius 2 is 1.86 bits per heavy atom. The first-order chi connectivity index (χ1) is 13.2. The molecule has 0 radical (unpaired) electrons. The first-order valence-electron chi connectivity index (χ1n) is 10.4. The highest BCUT2D eigenvalue weighted by molar-refractivity contribution is 6.74. The van der Waals surface area contributed by atoms with Gasteiger partial charge in [-0.2, -0.15) is 0 Å². The average Bonchev–Trinajstić information content (AvgIpc) is 3.04. The van der Waals surface area contributed by atoms with Crippen LogP contribution < -0.4 is 14.8 Å². The first kappa shape index (κ1) is 21.4. The van der Waals surface area contributed by atoms with Crippen molar-refractivity contribution in [3.05, 3.63) is 35.9 Å². The molecule has 1 aliphatic carbocycles. The van der Waals surface area contributed by atoms with Crippen LogP contribution in [-0.2, 0) is 9.84 Å². The van der Waals surface area contributed by atoms with Gasteiger partial charge in [0, 0.05) is 30.5 Å². The fraction of sp³-hybridized carbons (Fsp3) is 0.652. The summed E-state index contributed by atoms with van der Waals surface area (Å²) in [5, 5.41) is 4.02. The van der Waals surface area contributed by atoms with Crippen LogP contribution in [0.15, 0.2) is 30.4 Å². The minimum atomic E-state index is -1.79. The van der Waals surface area contributed by atoms with Crippen LogP contribution in [0.5, 0.6) is 11.5 Å². The van der Waals surface area contributed by atoms with E-state index in [1.807, 2.05) is 6.07 Å². The molecule has 1 aliphatic heterocycles. The highest BCUT2D eigenvalue weighted by atomic mass is 28.4. The van der Waals surface area contributed by atoms with Gasteiger partial charge < -0.3 is 19.2 Å². The van der Waals surface area contributed by atoms with Gasteiger partial charge in [-0.05, 0) is 48.7 Å². The van der Waals surface area contributed by atoms with Gasteiger partial charge in [-0.3, -0.25) is 0 Å². The summed E-state index contributed by atoms with van der Waals surface area (Å²) in [7, 11) is 1.60. The SMILES string of the molecule is COc1ccc([C@@]23C=CCC[C@@H]2NC[C@@H]3CO[Si](C)(C)C(C)(C)C)cc1OC. The molecule has 0 aromatic heterocycles. The summed E-state index contributed by atoms with van der Waals surface area (Å²) in [5.41, 5.74) is 1.24. The molecule has 0 unspecified atom stereocenters. The molecule has 4 nitrogen and oxygen atoms in total. The largest absolute Gasteiger partial charge is 0.493 e. The zero-order chi connectivity index (χ0) is 20.6. The van der Waals surface area contributed by atoms with Gasteiger partial charge in [0.2, 0.25) is 0 Å². The van der Waals surface area contributed by atoms with Gasteiger partial charge in [-0.25, -0.2) is 0 Å². The monoisotopic (exact) mass is 403 g/mol. The summed E-state index contributed by atoms with van der Waals surface area (Å²) < 4.78 is 17.8. The summed E-state index contributed by atoms with van der Waals surface area (Å²) in [6.07, 6.45) is 7.06. The Morgan fingerprint density at radius 1 is 1.14 bits per heavy atom. The third-order valence-corrected chi connectivity index (χ3v) is 11.7. The van der Waals surface area contributed by atoms with E-state index in [0.717, 1.165) is 37.5 Å². The number of hydrogen-bond donors (Lipinski definition) is 1. The molecule has 1 aromatic carbocycles. The Kier molecular flexibility index (Phi) is 6.00. The summed E-state index contributed by atoms with van der Waals surface area (Å²) in [6.45, 7) is 13.4. The molecule has 3 rings (SSSR count). The van der Waals surface area contributed by atoms with Crippen LogP contribution in [0.1, 0.15) is 39.2 Å². The molecule has 1 heterocycles. The second-order valence-electron chi connectivity index (χ2n) is 9.71. The van der Waals surface area contributed by atoms with Crippen LogP contribution in [-0.4, -0.2) is 41.7 Å². The highest BCUT2D eigenvalue weighted by Gasteiger charge is 2.51. The molecular weight excluding hydrogens is 366 g/mol. The minimum Gasteiger partial charge on any atom is -0.493 e. The Bertz CT molecular complexity index is 725. The van der Waals surface area contributed by atoms with Gasteiger partial charge in [0.05, 0.1) is 14.2 Å². The fourth-order valence-corrected chi connectivity index (χ4v) is 5.45. The molecule has 1 N–H and O–H groups in total. The molecule has 1 fully saturated rings. The van der Waals surface area contributed by atoms with Gasteiger partial charge in [-0.15, -0.1) is 0 Å². The number of benzene rings is 1. The van der Waals surface area contributed by atoms with Gasteiger partial charge in [-0.1, -0.05) is 39.0 Å². The maximum absolute atomic E-state index is 6.68. The standard InChI is InChI=1S/C23H37NO3Si/c1-22(2,3)28(6,7)27-16-18-15-24-21-10-8-9-13-23(18,21)17-11-12-19(25-4)20(14-17)26-5/h9,11-14,18,21,24H,8,10,15-16H2,1-7H3/t18-,21+,23-/m1/s1. The van der Waals surface area contributed by atoms with Crippen molar-refractivity contribution in [2.45, 2.75) is 63.2 Å². The lowest BCUT2D eigenvalue weighted by Gasteiger charge is -2.42. The molecule has 0 amide bonds. The van der Waals surface area contributed by atoms with E-state index in [9.17, 15) is 0 Å². The topological polar surface area (TPSA) is 39.7 Å². The molecule has 0 spiro atoms. The van der Waals surface area contributed by atoms with E-state index in [2.05, 4.69) is 63.5 Å². The number of hydrogen-bond acceptors (Lipinski definition) is 4. The molecule has 2 aliphatic rings. The van der Waals surface area contributed by atoms with Crippen molar-refractivity contribution in [2.75, 3.05) is 27.4 Å². The normalized spacial score (nSPS) is 27.5. The lowest BCUT2D eigenvalue weighted by molar-refractivity contribution is 0.194. The molecule has 0 saturated carbocycles. The van der Waals surface area contributed by atoms with E-state index in [-0.39, 0.29) is 10.5 Å². The summed E-state index contributed by atoms with van der Waals surface area (Å²) >= 11 is 0. The molecule has 156 valence electrons. The first-order valence-corrected chi connectivity index (χ1v) is 13.3. The van der Waals surface area contributed by atoms with Gasteiger partial charge in [0.1, 0.15) is 0 Å². The third kappa shape index (κ3) is 3.64. The van der Waals surface area contributed by atoms with Crippen molar-refractivity contribution >= 4 is 8.32 Å². The molecule has 1 saturated heterocycles. The summed E-state index contributed by atoms with van der Waals surface area (Å²) in [4.78, 5) is 0. The number of nitrogens with one attached hydrogen (secondary N) is 1. The Balaban J connectivity index is 1.96. The van der Waals surface area contributed by atoms with Crippen molar-refractivity contribution in [2.24, 2.45) is 5.92 Å². The smallest absolute Gasteiger partial charge is 0.191 e. The highest BCUT2D eigenvalue weighted by Crippen LogP contribution is 2.48. The van der Waals surface area contributed by atoms with Crippen LogP contribution >= 0.6 is 0 Å². The molecule has 1 aromatic rings. The van der Waals surface area contributed by atoms with Crippen molar-refractivity contribution in [3.8, 4) is 11.5 Å². The van der Waals surface area contributed by atoms with E-state index < -0.39 is 8.32 Å². The number of fused-ring (bicyclic) bond motifs is 1. The van der Waals surface area contributed by atoms with Gasteiger partial charge >= 0.3 is 0 Å². The number of ether oxygens (including phenoxy) is 2. The Morgan fingerprint density at radius 3 is 2.50 bits per heavy atom. The predicted octanol–water partition coefficient (Wildman–Crippen LogP) is 4.90. The lowest BCUT2D eigenvalue weighted by Crippen LogP contribution is -2.47. The fourth-order valence-electron chi connectivity index (χ4n) is 4.40. The molecular formula is C23H37NO3Si. The maximum atomic E-state index is 6.68. The van der Waals surface area contributed by atoms with Gasteiger partial charge in [0.15, 0.2) is 19.8 Å². The van der Waals surface area contributed by atoms with Crippen LogP contribution in [0, 0.1) is 5.92 Å². The van der Waals surface area contributed by atoms with Crippen LogP contribution in [0.2, 0.25) is 18.1 Å². The minimum absolute atomic E-state index is 0.0554. The van der Waals surface area contributed by atoms with E-state index in [0.29, 0.717) is 12.0 Å². The molecule has 0 bridgehead atoms. The Labute approximate surface area is 171 Å². The zero-order valence-electron chi connectivity index (χ0n) is 18.6. The number of rotatable bonds is 6. The lowest BCUT2D eigenvalue weighted by atomic mass is 9.65. The van der Waals surface area contributed by atoms with E-state index in [4.69, 9.17) is 13.9 Å². The third-order valence-electron chi connectivity index (χ3n) is 7.21. The van der Waals surface area contributed by atoms with Gasteiger partial charge in [0.25, 0.3) is 0 Å². The molecule has 28 heavy (non-hydrogen) atoms. The second-order valence-corrected chi connectivity index (χ2v) is 14.5. The average molecular weight is 404 g/mol. The molecule has 5 heteroatoms. The predicted molar refractivity (Wildman–Crippen MR) is 118 cm³/mol. The quantitative estimate of drug-likeness (QED) is 0.542. The number of allylic oxidation sites excluding steroid dienone is 1. The summed E-state index contributed by atoms with van der Waals surface area (Å²) in [6, 6.07) is 6.83. The van der Waals surface area contributed by atoms with Crippen LogP contribution in [0.25, 0.3) is 0 Å². The van der Waals surface area contributed by atoms with Crippen molar-refractivity contribution in [1.29, 1.82) is 0 Å². The van der Waals surface area contributed by atoms with Crippen molar-refractivity contribution in [1.82, 2.24) is 5.32 Å². The van der Waals surface area contributed by atoms with Crippen LogP contribution in [0.3, 0.4) is 0 Å². The van der Waals surface area contributed by atoms with Crippen molar-refractivity contribution in [3.63, 3.8) is 0 Å². The molecule has 3 atom stereocenters. The second kappa shape index (κ2) is 7.85. The zero-order valence-corrected chi connectivity index (χ0v) is 19.6. The van der Waals surface area contributed by atoms with E-state index >= 15 is 0 Å². The van der Waals surface area contributed by atoms with E-state index in [1.165, 1.54) is 5.56 Å². The van der Waals surface area contributed by atoms with Crippen LogP contribution in [0.4, 0.5) is 0 Å². The van der Waals surface area contributed by atoms with E-state index in [1.54, 1.807) is 14.2 Å². The Hall–Kier alpha value is -1.30.